The summed E-state index contributed by atoms with van der Waals surface area (Å²) < 4.78 is 20.8. The molecular weight excluding hydrogens is 579 g/mol. The Morgan fingerprint density at radius 3 is 2.54 bits per heavy atom. The molecule has 0 radical (unpaired) electrons. The Hall–Kier alpha value is -4.67. The van der Waals surface area contributed by atoms with E-state index in [1.807, 2.05) is 42.7 Å². The minimum absolute atomic E-state index is 0.354. The van der Waals surface area contributed by atoms with Crippen molar-refractivity contribution < 1.29 is 9.13 Å². The molecule has 2 aliphatic rings. The second-order valence-electron chi connectivity index (χ2n) is 12.5. The van der Waals surface area contributed by atoms with Crippen LogP contribution in [0.25, 0.3) is 55.8 Å². The van der Waals surface area contributed by atoms with Gasteiger partial charge in [-0.1, -0.05) is 6.42 Å². The van der Waals surface area contributed by atoms with E-state index in [-0.39, 0.29) is 5.82 Å². The summed E-state index contributed by atoms with van der Waals surface area (Å²) in [6.45, 7) is 6.76. The maximum atomic E-state index is 14.8. The Balaban J connectivity index is 1.08. The van der Waals surface area contributed by atoms with Crippen LogP contribution in [-0.2, 0) is 6.54 Å². The van der Waals surface area contributed by atoms with E-state index in [1.54, 1.807) is 6.20 Å². The van der Waals surface area contributed by atoms with E-state index in [4.69, 9.17) is 9.72 Å². The van der Waals surface area contributed by atoms with Gasteiger partial charge in [-0.2, -0.15) is 5.10 Å². The van der Waals surface area contributed by atoms with Crippen molar-refractivity contribution in [1.82, 2.24) is 39.9 Å². The van der Waals surface area contributed by atoms with E-state index in [1.165, 1.54) is 49.8 Å². The van der Waals surface area contributed by atoms with Crippen molar-refractivity contribution in [3.63, 3.8) is 0 Å². The Labute approximate surface area is 266 Å². The zero-order chi connectivity index (χ0) is 30.9. The van der Waals surface area contributed by atoms with Gasteiger partial charge in [-0.15, -0.1) is 0 Å². The third kappa shape index (κ3) is 5.98. The van der Waals surface area contributed by atoms with Gasteiger partial charge in [-0.25, -0.2) is 9.37 Å². The zero-order valence-corrected chi connectivity index (χ0v) is 25.8. The Kier molecular flexibility index (Phi) is 7.89. The van der Waals surface area contributed by atoms with E-state index in [0.717, 1.165) is 78.2 Å². The van der Waals surface area contributed by atoms with Gasteiger partial charge in [0.05, 0.1) is 22.6 Å². The highest BCUT2D eigenvalue weighted by atomic mass is 19.1. The quantitative estimate of drug-likeness (QED) is 0.184. The van der Waals surface area contributed by atoms with Gasteiger partial charge in [0.2, 0.25) is 0 Å². The van der Waals surface area contributed by atoms with Gasteiger partial charge in [0, 0.05) is 59.8 Å². The SMILES string of the molecule is Fc1cc(OCCN2CCCC2)cc(-c2nccc3[nH]c(-c4n[nH]c5ccc(-c6cncc(CN7CCCCC7)c6)nc45)cc23)c1. The van der Waals surface area contributed by atoms with Gasteiger partial charge < -0.3 is 9.72 Å². The standard InChI is InChI=1S/C36H37FN8O/c37-27-17-25(18-28(19-27)46-15-14-44-10-4-5-11-44)34-29-20-33(40-31(29)8-9-39-34)36-35-32(42-43-36)7-6-30(41-35)26-16-24(21-38-22-26)23-45-12-2-1-3-13-45/h6-9,16-22,40H,1-5,10-15,23H2,(H,42,43). The number of aromatic amines is 2. The molecule has 2 aliphatic heterocycles. The van der Waals surface area contributed by atoms with E-state index >= 15 is 0 Å². The van der Waals surface area contributed by atoms with Crippen LogP contribution in [0.2, 0.25) is 0 Å². The smallest absolute Gasteiger partial charge is 0.135 e. The van der Waals surface area contributed by atoms with Crippen LogP contribution in [0.15, 0.2) is 67.1 Å². The van der Waals surface area contributed by atoms with Gasteiger partial charge in [0.1, 0.15) is 29.4 Å². The van der Waals surface area contributed by atoms with Gasteiger partial charge in [-0.05, 0) is 99.9 Å². The fourth-order valence-corrected chi connectivity index (χ4v) is 6.83. The predicted molar refractivity (Wildman–Crippen MR) is 178 cm³/mol. The molecule has 2 fully saturated rings. The molecule has 0 unspecified atom stereocenters. The Morgan fingerprint density at radius 2 is 1.65 bits per heavy atom. The van der Waals surface area contributed by atoms with Crippen LogP contribution in [0.5, 0.6) is 5.75 Å². The average molecular weight is 617 g/mol. The molecular formula is C36H37FN8O. The first kappa shape index (κ1) is 28.8. The third-order valence-electron chi connectivity index (χ3n) is 9.18. The molecule has 234 valence electrons. The van der Waals surface area contributed by atoms with Crippen molar-refractivity contribution >= 4 is 21.9 Å². The maximum absolute atomic E-state index is 14.8. The normalized spacial score (nSPS) is 16.1. The second kappa shape index (κ2) is 12.6. The molecule has 1 aromatic carbocycles. The highest BCUT2D eigenvalue weighted by Crippen LogP contribution is 2.34. The molecule has 7 heterocycles. The summed E-state index contributed by atoms with van der Waals surface area (Å²) in [5, 5.41) is 8.65. The highest BCUT2D eigenvalue weighted by molar-refractivity contribution is 5.99. The van der Waals surface area contributed by atoms with Crippen molar-refractivity contribution in [3.05, 3.63) is 78.5 Å². The van der Waals surface area contributed by atoms with Crippen LogP contribution in [-0.4, -0.2) is 79.3 Å². The van der Waals surface area contributed by atoms with E-state index in [2.05, 4.69) is 41.0 Å². The van der Waals surface area contributed by atoms with Gasteiger partial charge in [0.15, 0.2) is 0 Å². The van der Waals surface area contributed by atoms with Crippen LogP contribution >= 0.6 is 0 Å². The lowest BCUT2D eigenvalue weighted by Gasteiger charge is -2.26. The molecule has 9 nitrogen and oxygen atoms in total. The average Bonchev–Trinajstić information content (AvgIpc) is 3.85. The van der Waals surface area contributed by atoms with E-state index in [9.17, 15) is 4.39 Å². The molecule has 46 heavy (non-hydrogen) atoms. The highest BCUT2D eigenvalue weighted by Gasteiger charge is 2.18. The number of nitrogens with one attached hydrogen (secondary N) is 2. The van der Waals surface area contributed by atoms with Crippen LogP contribution in [0.3, 0.4) is 0 Å². The fraction of sp³-hybridized carbons (Fsp3) is 0.333. The number of halogens is 1. The first-order valence-corrected chi connectivity index (χ1v) is 16.3. The molecule has 0 amide bonds. The number of ether oxygens (including phenoxy) is 1. The number of H-pyrrole nitrogens is 2. The molecule has 0 bridgehead atoms. The summed E-state index contributed by atoms with van der Waals surface area (Å²) in [6.07, 6.45) is 11.9. The van der Waals surface area contributed by atoms with Crippen molar-refractivity contribution in [2.45, 2.75) is 38.6 Å². The molecule has 6 aromatic rings. The lowest BCUT2D eigenvalue weighted by Crippen LogP contribution is -2.29. The number of benzene rings is 1. The monoisotopic (exact) mass is 616 g/mol. The first-order chi connectivity index (χ1) is 22.7. The second-order valence-corrected chi connectivity index (χ2v) is 12.5. The summed E-state index contributed by atoms with van der Waals surface area (Å²) in [6, 6.07) is 15.0. The number of hydrogen-bond donors (Lipinski definition) is 2. The van der Waals surface area contributed by atoms with Crippen LogP contribution < -0.4 is 4.74 Å². The number of nitrogens with zero attached hydrogens (tertiary/aromatic N) is 6. The summed E-state index contributed by atoms with van der Waals surface area (Å²) >= 11 is 0. The topological polar surface area (TPSA) is 98.8 Å². The lowest BCUT2D eigenvalue weighted by atomic mass is 10.1. The van der Waals surface area contributed by atoms with Crippen molar-refractivity contribution in [3.8, 4) is 39.7 Å². The molecule has 0 aliphatic carbocycles. The largest absolute Gasteiger partial charge is 0.492 e. The maximum Gasteiger partial charge on any atom is 0.135 e. The number of hydrogen-bond acceptors (Lipinski definition) is 7. The molecule has 2 N–H and O–H groups in total. The minimum atomic E-state index is -0.354. The van der Waals surface area contributed by atoms with Crippen LogP contribution in [0.1, 0.15) is 37.7 Å². The third-order valence-corrected chi connectivity index (χ3v) is 9.18. The molecule has 10 heteroatoms. The number of pyridine rings is 3. The molecule has 0 atom stereocenters. The van der Waals surface area contributed by atoms with E-state index < -0.39 is 0 Å². The van der Waals surface area contributed by atoms with Gasteiger partial charge in [-0.3, -0.25) is 24.9 Å². The van der Waals surface area contributed by atoms with Gasteiger partial charge in [0.25, 0.3) is 0 Å². The predicted octanol–water partition coefficient (Wildman–Crippen LogP) is 6.83. The summed E-state index contributed by atoms with van der Waals surface area (Å²) in [4.78, 5) is 22.6. The van der Waals surface area contributed by atoms with Crippen molar-refractivity contribution in [2.24, 2.45) is 0 Å². The fourth-order valence-electron chi connectivity index (χ4n) is 6.83. The number of fused-ring (bicyclic) bond motifs is 2. The number of aromatic nitrogens is 6. The molecule has 0 saturated carbocycles. The first-order valence-electron chi connectivity index (χ1n) is 16.3. The van der Waals surface area contributed by atoms with Crippen LogP contribution in [0.4, 0.5) is 4.39 Å². The number of piperidine rings is 1. The van der Waals surface area contributed by atoms with Crippen molar-refractivity contribution in [1.29, 1.82) is 0 Å². The Morgan fingerprint density at radius 1 is 0.804 bits per heavy atom. The van der Waals surface area contributed by atoms with Gasteiger partial charge >= 0.3 is 0 Å². The van der Waals surface area contributed by atoms with Crippen molar-refractivity contribution in [2.75, 3.05) is 39.3 Å². The summed E-state index contributed by atoms with van der Waals surface area (Å²) in [7, 11) is 0. The number of likely N-dealkylation sites (tertiary alicyclic amines) is 2. The summed E-state index contributed by atoms with van der Waals surface area (Å²) in [5.74, 6) is 0.154. The van der Waals surface area contributed by atoms with Crippen LogP contribution in [0, 0.1) is 5.82 Å². The molecule has 2 saturated heterocycles. The summed E-state index contributed by atoms with van der Waals surface area (Å²) in [5.41, 5.74) is 8.36. The molecule has 5 aromatic heterocycles. The van der Waals surface area contributed by atoms with E-state index in [0.29, 0.717) is 29.3 Å². The zero-order valence-electron chi connectivity index (χ0n) is 25.8. The lowest BCUT2D eigenvalue weighted by molar-refractivity contribution is 0.220. The minimum Gasteiger partial charge on any atom is -0.492 e. The number of rotatable bonds is 9. The Bertz CT molecular complexity index is 1990. The molecule has 0 spiro atoms. The molecule has 8 rings (SSSR count).